The lowest BCUT2D eigenvalue weighted by molar-refractivity contribution is 0.0180. The van der Waals surface area contributed by atoms with Crippen LogP contribution in [-0.4, -0.2) is 6.61 Å². The van der Waals surface area contributed by atoms with Crippen molar-refractivity contribution >= 4 is 5.69 Å². The van der Waals surface area contributed by atoms with Crippen molar-refractivity contribution in [3.63, 3.8) is 0 Å². The third kappa shape index (κ3) is 1.93. The molecule has 1 saturated heterocycles. The monoisotopic (exact) mass is 258 g/mol. The molecule has 1 atom stereocenters. The number of hydrogen-bond acceptors (Lipinski definition) is 3. The lowest BCUT2D eigenvalue weighted by Gasteiger charge is -2.49. The molecule has 0 aliphatic carbocycles. The van der Waals surface area contributed by atoms with Crippen LogP contribution in [0.1, 0.15) is 37.8 Å². The van der Waals surface area contributed by atoms with E-state index in [1.165, 1.54) is 11.1 Å². The number of allylic oxidation sites excluding steroid dienone is 1. The number of nitrogens with one attached hydrogen (secondary N) is 1. The average Bonchev–Trinajstić information content (AvgIpc) is 2.36. The smallest absolute Gasteiger partial charge is 0.0861 e. The molecule has 0 amide bonds. The molecule has 3 nitrogen and oxygen atoms in total. The van der Waals surface area contributed by atoms with Crippen LogP contribution in [0.5, 0.6) is 0 Å². The van der Waals surface area contributed by atoms with Crippen molar-refractivity contribution in [2.24, 2.45) is 5.41 Å². The maximum Gasteiger partial charge on any atom is 0.0861 e. The van der Waals surface area contributed by atoms with Crippen LogP contribution in [-0.2, 0) is 16.9 Å². The molecule has 0 radical (unpaired) electrons. The molecular weight excluding hydrogens is 236 g/mol. The third-order valence-electron chi connectivity index (χ3n) is 4.64. The minimum absolute atomic E-state index is 0.142. The van der Waals surface area contributed by atoms with E-state index in [4.69, 9.17) is 10.5 Å². The van der Waals surface area contributed by atoms with E-state index in [1.54, 1.807) is 0 Å². The van der Waals surface area contributed by atoms with Gasteiger partial charge in [-0.1, -0.05) is 26.5 Å². The minimum atomic E-state index is -0.143. The Bertz CT molecular complexity index is 536. The van der Waals surface area contributed by atoms with Gasteiger partial charge in [0, 0.05) is 16.8 Å². The van der Waals surface area contributed by atoms with Gasteiger partial charge < -0.3 is 15.8 Å². The molecule has 3 N–H and O–H groups in total. The van der Waals surface area contributed by atoms with Crippen LogP contribution in [0.2, 0.25) is 0 Å². The number of nitrogens with two attached hydrogens (primary N) is 1. The fourth-order valence-electron chi connectivity index (χ4n) is 3.09. The van der Waals surface area contributed by atoms with Gasteiger partial charge in [-0.3, -0.25) is 0 Å². The summed E-state index contributed by atoms with van der Waals surface area (Å²) in [4.78, 5) is 0. The predicted molar refractivity (Wildman–Crippen MR) is 77.5 cm³/mol. The average molecular weight is 258 g/mol. The molecule has 0 aromatic heterocycles. The quantitative estimate of drug-likeness (QED) is 0.703. The second-order valence-electron chi connectivity index (χ2n) is 6.48. The van der Waals surface area contributed by atoms with E-state index < -0.39 is 0 Å². The summed E-state index contributed by atoms with van der Waals surface area (Å²) in [5.74, 6) is 0. The first-order valence-electron chi connectivity index (χ1n) is 6.87. The van der Waals surface area contributed by atoms with E-state index in [9.17, 15) is 0 Å². The molecule has 3 rings (SSSR count). The molecule has 2 heterocycles. The summed E-state index contributed by atoms with van der Waals surface area (Å²) in [6.07, 6.45) is 2.16. The van der Waals surface area contributed by atoms with Gasteiger partial charge in [-0.2, -0.15) is 0 Å². The van der Waals surface area contributed by atoms with Crippen LogP contribution < -0.4 is 11.1 Å². The van der Waals surface area contributed by atoms with Crippen molar-refractivity contribution in [2.45, 2.75) is 38.8 Å². The van der Waals surface area contributed by atoms with Crippen molar-refractivity contribution in [3.05, 3.63) is 41.6 Å². The summed E-state index contributed by atoms with van der Waals surface area (Å²) >= 11 is 0. The Labute approximate surface area is 114 Å². The largest absolute Gasteiger partial charge is 0.399 e. The first kappa shape index (κ1) is 12.5. The molecule has 19 heavy (non-hydrogen) atoms. The molecule has 1 aromatic rings. The second kappa shape index (κ2) is 4.01. The minimum Gasteiger partial charge on any atom is -0.399 e. The van der Waals surface area contributed by atoms with Crippen molar-refractivity contribution in [3.8, 4) is 0 Å². The van der Waals surface area contributed by atoms with E-state index >= 15 is 0 Å². The SMILES string of the molecule is C=C1N[C@]2(CCC1(C)C)COCc1ccc(N)cc12. The Hall–Kier alpha value is -1.48. The number of ether oxygens (including phenoxy) is 1. The molecule has 0 bridgehead atoms. The van der Waals surface area contributed by atoms with Crippen LogP contribution in [0.3, 0.4) is 0 Å². The number of piperidine rings is 1. The van der Waals surface area contributed by atoms with E-state index in [-0.39, 0.29) is 11.0 Å². The molecule has 3 heteroatoms. The standard InChI is InChI=1S/C16H22N2O/c1-11-15(2,3)6-7-16(18-11)10-19-9-12-4-5-13(17)8-14(12)16/h4-5,8,18H,1,6-7,9-10,17H2,2-3H3/t16-/m1/s1. The highest BCUT2D eigenvalue weighted by Crippen LogP contribution is 2.45. The zero-order valence-electron chi connectivity index (χ0n) is 11.8. The summed E-state index contributed by atoms with van der Waals surface area (Å²) in [5, 5.41) is 3.63. The maximum atomic E-state index is 5.97. The van der Waals surface area contributed by atoms with Gasteiger partial charge in [-0.25, -0.2) is 0 Å². The summed E-state index contributed by atoms with van der Waals surface area (Å²) in [7, 11) is 0. The fraction of sp³-hybridized carbons (Fsp3) is 0.500. The van der Waals surface area contributed by atoms with Crippen molar-refractivity contribution in [2.75, 3.05) is 12.3 Å². The molecule has 102 valence electrons. The summed E-state index contributed by atoms with van der Waals surface area (Å²) < 4.78 is 5.80. The summed E-state index contributed by atoms with van der Waals surface area (Å²) in [6, 6.07) is 6.12. The topological polar surface area (TPSA) is 47.3 Å². The molecule has 2 aliphatic rings. The molecule has 0 saturated carbocycles. The van der Waals surface area contributed by atoms with Gasteiger partial charge in [0.1, 0.15) is 0 Å². The van der Waals surface area contributed by atoms with Gasteiger partial charge in [0.25, 0.3) is 0 Å². The number of rotatable bonds is 0. The molecular formula is C16H22N2O. The van der Waals surface area contributed by atoms with E-state index in [2.05, 4.69) is 37.9 Å². The number of fused-ring (bicyclic) bond motifs is 2. The van der Waals surface area contributed by atoms with Gasteiger partial charge in [0.05, 0.1) is 18.8 Å². The van der Waals surface area contributed by atoms with E-state index in [0.29, 0.717) is 13.2 Å². The van der Waals surface area contributed by atoms with Gasteiger partial charge in [-0.15, -0.1) is 0 Å². The number of nitrogen functional groups attached to an aromatic ring is 1. The van der Waals surface area contributed by atoms with Gasteiger partial charge in [0.2, 0.25) is 0 Å². The highest BCUT2D eigenvalue weighted by atomic mass is 16.5. The lowest BCUT2D eigenvalue weighted by atomic mass is 9.71. The van der Waals surface area contributed by atoms with Gasteiger partial charge in [-0.05, 0) is 36.1 Å². The molecule has 1 spiro atoms. The number of anilines is 1. The van der Waals surface area contributed by atoms with Crippen molar-refractivity contribution < 1.29 is 4.74 Å². The van der Waals surface area contributed by atoms with Gasteiger partial charge >= 0.3 is 0 Å². The highest BCUT2D eigenvalue weighted by molar-refractivity contribution is 5.49. The van der Waals surface area contributed by atoms with Crippen LogP contribution >= 0.6 is 0 Å². The first-order valence-corrected chi connectivity index (χ1v) is 6.87. The Morgan fingerprint density at radius 3 is 2.84 bits per heavy atom. The second-order valence-corrected chi connectivity index (χ2v) is 6.48. The molecule has 1 aromatic carbocycles. The Morgan fingerprint density at radius 2 is 2.11 bits per heavy atom. The van der Waals surface area contributed by atoms with Crippen LogP contribution in [0.15, 0.2) is 30.5 Å². The highest BCUT2D eigenvalue weighted by Gasteiger charge is 2.44. The maximum absolute atomic E-state index is 5.97. The van der Waals surface area contributed by atoms with Gasteiger partial charge in [0.15, 0.2) is 0 Å². The summed E-state index contributed by atoms with van der Waals surface area (Å²) in [5.41, 5.74) is 10.4. The molecule has 1 fully saturated rings. The Balaban J connectivity index is 2.04. The third-order valence-corrected chi connectivity index (χ3v) is 4.64. The first-order chi connectivity index (χ1) is 8.93. The zero-order chi connectivity index (χ0) is 13.7. The van der Waals surface area contributed by atoms with Crippen LogP contribution in [0.25, 0.3) is 0 Å². The lowest BCUT2D eigenvalue weighted by Crippen LogP contribution is -2.54. The fourth-order valence-corrected chi connectivity index (χ4v) is 3.09. The predicted octanol–water partition coefficient (Wildman–Crippen LogP) is 2.92. The van der Waals surface area contributed by atoms with Crippen LogP contribution in [0.4, 0.5) is 5.69 Å². The number of benzene rings is 1. The van der Waals surface area contributed by atoms with Crippen LogP contribution in [0, 0.1) is 5.41 Å². The molecule has 0 unspecified atom stereocenters. The number of hydrogen-bond donors (Lipinski definition) is 2. The normalized spacial score (nSPS) is 28.8. The Morgan fingerprint density at radius 1 is 1.32 bits per heavy atom. The van der Waals surface area contributed by atoms with E-state index in [1.807, 2.05) is 6.07 Å². The zero-order valence-corrected chi connectivity index (χ0v) is 11.8. The van der Waals surface area contributed by atoms with E-state index in [0.717, 1.165) is 24.2 Å². The Kier molecular flexibility index (Phi) is 2.65. The van der Waals surface area contributed by atoms with Crippen molar-refractivity contribution in [1.82, 2.24) is 5.32 Å². The summed E-state index contributed by atoms with van der Waals surface area (Å²) in [6.45, 7) is 10.1. The molecule has 2 aliphatic heterocycles. The van der Waals surface area contributed by atoms with Crippen molar-refractivity contribution in [1.29, 1.82) is 0 Å².